The maximum Gasteiger partial charge on any atom is 0.410 e. The summed E-state index contributed by atoms with van der Waals surface area (Å²) in [5, 5.41) is 0. The minimum Gasteiger partial charge on any atom is -0.444 e. The summed E-state index contributed by atoms with van der Waals surface area (Å²) in [6, 6.07) is -0.123. The molecule has 0 bridgehead atoms. The first-order valence-electron chi connectivity index (χ1n) is 5.10. The van der Waals surface area contributed by atoms with Crippen molar-refractivity contribution in [3.63, 3.8) is 0 Å². The van der Waals surface area contributed by atoms with E-state index in [0.717, 1.165) is 0 Å². The summed E-state index contributed by atoms with van der Waals surface area (Å²) in [6.45, 7) is 6.53. The lowest BCUT2D eigenvalue weighted by Crippen LogP contribution is -2.36. The van der Waals surface area contributed by atoms with E-state index in [4.69, 9.17) is 15.2 Å². The maximum atomic E-state index is 11.7. The van der Waals surface area contributed by atoms with E-state index in [-0.39, 0.29) is 18.2 Å². The summed E-state index contributed by atoms with van der Waals surface area (Å²) in [7, 11) is 1.60. The molecule has 15 heavy (non-hydrogen) atoms. The van der Waals surface area contributed by atoms with Crippen molar-refractivity contribution in [1.29, 1.82) is 0 Å². The summed E-state index contributed by atoms with van der Waals surface area (Å²) in [6.07, 6.45) is -0.407. The first-order chi connectivity index (χ1) is 6.83. The van der Waals surface area contributed by atoms with Gasteiger partial charge in [-0.1, -0.05) is 0 Å². The van der Waals surface area contributed by atoms with Crippen molar-refractivity contribution in [2.45, 2.75) is 38.5 Å². The van der Waals surface area contributed by atoms with Crippen molar-refractivity contribution < 1.29 is 14.3 Å². The van der Waals surface area contributed by atoms with Crippen LogP contribution < -0.4 is 5.73 Å². The molecule has 1 aliphatic heterocycles. The van der Waals surface area contributed by atoms with Gasteiger partial charge in [-0.05, 0) is 20.8 Å². The molecule has 5 nitrogen and oxygen atoms in total. The van der Waals surface area contributed by atoms with Crippen molar-refractivity contribution in [1.82, 2.24) is 4.90 Å². The monoisotopic (exact) mass is 216 g/mol. The van der Waals surface area contributed by atoms with Crippen LogP contribution in [-0.4, -0.2) is 48.9 Å². The van der Waals surface area contributed by atoms with Crippen LogP contribution in [0, 0.1) is 0 Å². The predicted octanol–water partition coefficient (Wildman–Crippen LogP) is 0.579. The molecule has 0 radical (unpaired) electrons. The van der Waals surface area contributed by atoms with Gasteiger partial charge in [0.15, 0.2) is 0 Å². The zero-order valence-corrected chi connectivity index (χ0v) is 9.82. The number of nitrogens with zero attached hydrogens (tertiary/aromatic N) is 1. The van der Waals surface area contributed by atoms with E-state index in [1.165, 1.54) is 0 Å². The SMILES string of the molecule is CO[C@H]1CN(C(=O)OC(C)(C)C)CC1N. The van der Waals surface area contributed by atoms with Crippen LogP contribution in [0.3, 0.4) is 0 Å². The highest BCUT2D eigenvalue weighted by atomic mass is 16.6. The minimum absolute atomic E-state index is 0.0856. The fourth-order valence-electron chi connectivity index (χ4n) is 1.52. The lowest BCUT2D eigenvalue weighted by atomic mass is 10.2. The number of carbonyl (C=O) groups is 1. The van der Waals surface area contributed by atoms with E-state index >= 15 is 0 Å². The smallest absolute Gasteiger partial charge is 0.410 e. The maximum absolute atomic E-state index is 11.7. The summed E-state index contributed by atoms with van der Waals surface area (Å²) in [4.78, 5) is 13.2. The van der Waals surface area contributed by atoms with Gasteiger partial charge in [-0.25, -0.2) is 4.79 Å². The van der Waals surface area contributed by atoms with Gasteiger partial charge in [0.05, 0.1) is 18.7 Å². The van der Waals surface area contributed by atoms with Crippen molar-refractivity contribution in [2.75, 3.05) is 20.2 Å². The summed E-state index contributed by atoms with van der Waals surface area (Å²) in [5.74, 6) is 0. The molecule has 1 heterocycles. The highest BCUT2D eigenvalue weighted by molar-refractivity contribution is 5.68. The number of hydrogen-bond donors (Lipinski definition) is 1. The van der Waals surface area contributed by atoms with Crippen LogP contribution in [0.5, 0.6) is 0 Å². The Bertz CT molecular complexity index is 237. The van der Waals surface area contributed by atoms with E-state index in [0.29, 0.717) is 13.1 Å². The number of methoxy groups -OCH3 is 1. The third kappa shape index (κ3) is 3.35. The number of likely N-dealkylation sites (tertiary alicyclic amines) is 1. The van der Waals surface area contributed by atoms with Crippen molar-refractivity contribution in [3.8, 4) is 0 Å². The van der Waals surface area contributed by atoms with E-state index in [9.17, 15) is 4.79 Å². The molecule has 1 amide bonds. The van der Waals surface area contributed by atoms with Gasteiger partial charge in [-0.3, -0.25) is 0 Å². The first kappa shape index (κ1) is 12.3. The summed E-state index contributed by atoms with van der Waals surface area (Å²) >= 11 is 0. The lowest BCUT2D eigenvalue weighted by Gasteiger charge is -2.24. The number of nitrogens with two attached hydrogens (primary N) is 1. The van der Waals surface area contributed by atoms with Crippen molar-refractivity contribution in [3.05, 3.63) is 0 Å². The zero-order chi connectivity index (χ0) is 11.6. The second-order valence-corrected chi connectivity index (χ2v) is 4.82. The molecule has 1 aliphatic rings. The van der Waals surface area contributed by atoms with Gasteiger partial charge < -0.3 is 20.1 Å². The fourth-order valence-corrected chi connectivity index (χ4v) is 1.52. The predicted molar refractivity (Wildman–Crippen MR) is 56.6 cm³/mol. The molecule has 1 unspecified atom stereocenters. The standard InChI is InChI=1S/C10H20N2O3/c1-10(2,3)15-9(13)12-5-7(11)8(6-12)14-4/h7-8H,5-6,11H2,1-4H3/t7?,8-/m0/s1. The van der Waals surface area contributed by atoms with Gasteiger partial charge in [-0.15, -0.1) is 0 Å². The fraction of sp³-hybridized carbons (Fsp3) is 0.900. The molecule has 0 aliphatic carbocycles. The van der Waals surface area contributed by atoms with Gasteiger partial charge in [0.25, 0.3) is 0 Å². The molecule has 1 rings (SSSR count). The van der Waals surface area contributed by atoms with Crippen LogP contribution in [0.25, 0.3) is 0 Å². The second kappa shape index (κ2) is 4.37. The van der Waals surface area contributed by atoms with E-state index < -0.39 is 5.60 Å². The van der Waals surface area contributed by atoms with E-state index in [1.54, 1.807) is 12.0 Å². The van der Waals surface area contributed by atoms with Gasteiger partial charge in [0, 0.05) is 13.7 Å². The molecule has 2 atom stereocenters. The Morgan fingerprint density at radius 2 is 2.00 bits per heavy atom. The molecule has 1 fully saturated rings. The minimum atomic E-state index is -0.466. The molecule has 0 saturated carbocycles. The molecule has 0 aromatic rings. The van der Waals surface area contributed by atoms with E-state index in [1.807, 2.05) is 20.8 Å². The Hall–Kier alpha value is -0.810. The Labute approximate surface area is 90.5 Å². The first-order valence-corrected chi connectivity index (χ1v) is 5.10. The van der Waals surface area contributed by atoms with Gasteiger partial charge in [-0.2, -0.15) is 0 Å². The number of hydrogen-bond acceptors (Lipinski definition) is 4. The Balaban J connectivity index is 2.50. The average molecular weight is 216 g/mol. The molecule has 0 aromatic heterocycles. The molecule has 1 saturated heterocycles. The number of amides is 1. The third-order valence-electron chi connectivity index (χ3n) is 2.26. The molecule has 0 spiro atoms. The number of carbonyl (C=O) groups excluding carboxylic acids is 1. The Morgan fingerprint density at radius 1 is 1.40 bits per heavy atom. The van der Waals surface area contributed by atoms with Crippen molar-refractivity contribution >= 4 is 6.09 Å². The second-order valence-electron chi connectivity index (χ2n) is 4.82. The van der Waals surface area contributed by atoms with Crippen LogP contribution in [-0.2, 0) is 9.47 Å². The number of rotatable bonds is 1. The largest absolute Gasteiger partial charge is 0.444 e. The zero-order valence-electron chi connectivity index (χ0n) is 9.82. The Morgan fingerprint density at radius 3 is 2.40 bits per heavy atom. The summed E-state index contributed by atoms with van der Waals surface area (Å²) in [5.41, 5.74) is 5.34. The molecular weight excluding hydrogens is 196 g/mol. The third-order valence-corrected chi connectivity index (χ3v) is 2.26. The quantitative estimate of drug-likeness (QED) is 0.696. The molecule has 0 aromatic carbocycles. The van der Waals surface area contributed by atoms with Gasteiger partial charge >= 0.3 is 6.09 Å². The van der Waals surface area contributed by atoms with Crippen LogP contribution >= 0.6 is 0 Å². The summed E-state index contributed by atoms with van der Waals surface area (Å²) < 4.78 is 10.4. The van der Waals surface area contributed by atoms with Crippen LogP contribution in [0.2, 0.25) is 0 Å². The van der Waals surface area contributed by atoms with Gasteiger partial charge in [0.2, 0.25) is 0 Å². The average Bonchev–Trinajstić information content (AvgIpc) is 2.43. The molecule has 88 valence electrons. The molecule has 5 heteroatoms. The molecule has 2 N–H and O–H groups in total. The van der Waals surface area contributed by atoms with Crippen molar-refractivity contribution in [2.24, 2.45) is 5.73 Å². The van der Waals surface area contributed by atoms with Crippen LogP contribution in [0.15, 0.2) is 0 Å². The van der Waals surface area contributed by atoms with Gasteiger partial charge in [0.1, 0.15) is 5.60 Å². The molecular formula is C10H20N2O3. The highest BCUT2D eigenvalue weighted by Crippen LogP contribution is 2.16. The lowest BCUT2D eigenvalue weighted by molar-refractivity contribution is 0.0252. The normalized spacial score (nSPS) is 26.9. The van der Waals surface area contributed by atoms with E-state index in [2.05, 4.69) is 0 Å². The van der Waals surface area contributed by atoms with Crippen LogP contribution in [0.4, 0.5) is 4.79 Å². The Kier molecular flexibility index (Phi) is 3.57. The number of ether oxygens (including phenoxy) is 2. The highest BCUT2D eigenvalue weighted by Gasteiger charge is 2.35. The topological polar surface area (TPSA) is 64.8 Å². The van der Waals surface area contributed by atoms with Crippen LogP contribution in [0.1, 0.15) is 20.8 Å².